The molecule has 0 amide bonds. The van der Waals surface area contributed by atoms with Gasteiger partial charge in [0.15, 0.2) is 0 Å². The molecule has 0 heterocycles. The first-order valence-electron chi connectivity index (χ1n) is 5.97. The second kappa shape index (κ2) is 6.10. The number of hydrogen-bond donors (Lipinski definition) is 1. The monoisotopic (exact) mass is 241 g/mol. The van der Waals surface area contributed by atoms with Crippen LogP contribution in [0.2, 0.25) is 0 Å². The Morgan fingerprint density at radius 1 is 1.18 bits per heavy atom. The largest absolute Gasteiger partial charge is 0.310 e. The predicted molar refractivity (Wildman–Crippen MR) is 67.1 cm³/mol. The third-order valence-corrected chi connectivity index (χ3v) is 2.92. The van der Waals surface area contributed by atoms with E-state index < -0.39 is 11.8 Å². The van der Waals surface area contributed by atoms with Gasteiger partial charge in [0, 0.05) is 18.0 Å². The fraction of sp³-hybridized carbons (Fsp3) is 0.571. The van der Waals surface area contributed by atoms with Crippen LogP contribution in [0.1, 0.15) is 32.8 Å². The summed E-state index contributed by atoms with van der Waals surface area (Å²) in [6.07, 6.45) is -1.80. The Morgan fingerprint density at radius 3 is 2.29 bits per heavy atom. The molecule has 1 nitrogen and oxygen atoms in total. The molecule has 0 aliphatic heterocycles. The lowest BCUT2D eigenvalue weighted by atomic mass is 9.86. The summed E-state index contributed by atoms with van der Waals surface area (Å²) in [5.74, 6) is 0. The summed E-state index contributed by atoms with van der Waals surface area (Å²) in [4.78, 5) is 0. The quantitative estimate of drug-likeness (QED) is 0.797. The van der Waals surface area contributed by atoms with Crippen LogP contribution >= 0.6 is 0 Å². The Kier molecular flexibility index (Phi) is 5.06. The van der Waals surface area contributed by atoms with Crippen molar-refractivity contribution in [2.45, 2.75) is 46.2 Å². The lowest BCUT2D eigenvalue weighted by Crippen LogP contribution is -2.34. The Morgan fingerprint density at radius 2 is 1.76 bits per heavy atom. The summed E-state index contributed by atoms with van der Waals surface area (Å²) >= 11 is 0. The first kappa shape index (κ1) is 14.1. The second-order valence-electron chi connectivity index (χ2n) is 5.26. The fourth-order valence-electron chi connectivity index (χ4n) is 1.84. The number of hydrogen-bond acceptors (Lipinski definition) is 1. The number of alkyl halides is 2. The topological polar surface area (TPSA) is 12.0 Å². The smallest absolute Gasteiger partial charge is 0.243 e. The van der Waals surface area contributed by atoms with E-state index in [0.717, 1.165) is 6.54 Å². The second-order valence-corrected chi connectivity index (χ2v) is 5.26. The van der Waals surface area contributed by atoms with Crippen molar-refractivity contribution < 1.29 is 8.78 Å². The van der Waals surface area contributed by atoms with E-state index in [1.165, 1.54) is 5.56 Å². The average Bonchev–Trinajstić information content (AvgIpc) is 2.27. The molecule has 1 unspecified atom stereocenters. The Hall–Kier alpha value is -0.960. The summed E-state index contributed by atoms with van der Waals surface area (Å²) < 4.78 is 25.4. The standard InChI is InChI=1S/C14H21F2N/c1-11(9-14(2,3)13(15)16)17-10-12-7-5-4-6-8-12/h4-8,11,13,17H,9-10H2,1-3H3. The fourth-order valence-corrected chi connectivity index (χ4v) is 1.84. The van der Waals surface area contributed by atoms with E-state index in [0.29, 0.717) is 6.42 Å². The minimum atomic E-state index is -2.27. The molecule has 17 heavy (non-hydrogen) atoms. The summed E-state index contributed by atoms with van der Waals surface area (Å²) in [5, 5.41) is 3.28. The molecule has 0 radical (unpaired) electrons. The first-order valence-corrected chi connectivity index (χ1v) is 5.97. The highest BCUT2D eigenvalue weighted by molar-refractivity contribution is 5.14. The molecule has 0 saturated carbocycles. The highest BCUT2D eigenvalue weighted by Crippen LogP contribution is 2.30. The van der Waals surface area contributed by atoms with Gasteiger partial charge in [-0.1, -0.05) is 44.2 Å². The van der Waals surface area contributed by atoms with E-state index >= 15 is 0 Å². The van der Waals surface area contributed by atoms with Crippen molar-refractivity contribution in [2.24, 2.45) is 5.41 Å². The normalized spacial score (nSPS) is 14.0. The van der Waals surface area contributed by atoms with E-state index in [2.05, 4.69) is 5.32 Å². The zero-order valence-electron chi connectivity index (χ0n) is 10.7. The van der Waals surface area contributed by atoms with Crippen molar-refractivity contribution in [1.82, 2.24) is 5.32 Å². The third-order valence-electron chi connectivity index (χ3n) is 2.92. The molecule has 0 saturated heterocycles. The molecule has 0 fully saturated rings. The maximum Gasteiger partial charge on any atom is 0.243 e. The van der Waals surface area contributed by atoms with Gasteiger partial charge in [-0.05, 0) is 18.9 Å². The summed E-state index contributed by atoms with van der Waals surface area (Å²) in [6.45, 7) is 5.89. The van der Waals surface area contributed by atoms with Crippen molar-refractivity contribution >= 4 is 0 Å². The molecule has 1 aromatic rings. The van der Waals surface area contributed by atoms with Crippen molar-refractivity contribution in [3.05, 3.63) is 35.9 Å². The van der Waals surface area contributed by atoms with E-state index in [1.54, 1.807) is 13.8 Å². The molecule has 0 spiro atoms. The lowest BCUT2D eigenvalue weighted by molar-refractivity contribution is 0.00844. The minimum Gasteiger partial charge on any atom is -0.310 e. The van der Waals surface area contributed by atoms with E-state index in [4.69, 9.17) is 0 Å². The zero-order chi connectivity index (χ0) is 12.9. The number of benzene rings is 1. The molecule has 0 bridgehead atoms. The van der Waals surface area contributed by atoms with Crippen LogP contribution in [0, 0.1) is 5.41 Å². The van der Waals surface area contributed by atoms with E-state index in [1.807, 2.05) is 37.3 Å². The molecule has 1 N–H and O–H groups in total. The summed E-state index contributed by atoms with van der Waals surface area (Å²) in [6, 6.07) is 10.1. The van der Waals surface area contributed by atoms with Gasteiger partial charge in [0.2, 0.25) is 6.43 Å². The zero-order valence-corrected chi connectivity index (χ0v) is 10.7. The van der Waals surface area contributed by atoms with Gasteiger partial charge in [0.05, 0.1) is 0 Å². The maximum atomic E-state index is 12.7. The van der Waals surface area contributed by atoms with Crippen molar-refractivity contribution in [2.75, 3.05) is 0 Å². The number of rotatable bonds is 6. The van der Waals surface area contributed by atoms with Crippen molar-refractivity contribution in [3.63, 3.8) is 0 Å². The number of halogens is 2. The third kappa shape index (κ3) is 4.82. The van der Waals surface area contributed by atoms with Gasteiger partial charge in [-0.3, -0.25) is 0 Å². The highest BCUT2D eigenvalue weighted by Gasteiger charge is 2.30. The molecule has 1 atom stereocenters. The molecule has 0 aromatic heterocycles. The van der Waals surface area contributed by atoms with Gasteiger partial charge < -0.3 is 5.32 Å². The Labute approximate surface area is 102 Å². The number of nitrogens with one attached hydrogen (secondary N) is 1. The predicted octanol–water partition coefficient (Wildman–Crippen LogP) is 3.85. The van der Waals surface area contributed by atoms with Gasteiger partial charge in [-0.25, -0.2) is 8.78 Å². The van der Waals surface area contributed by atoms with Gasteiger partial charge in [0.1, 0.15) is 0 Å². The van der Waals surface area contributed by atoms with E-state index in [9.17, 15) is 8.78 Å². The maximum absolute atomic E-state index is 12.7. The molecule has 96 valence electrons. The van der Waals surface area contributed by atoms with Crippen LogP contribution in [0.4, 0.5) is 8.78 Å². The van der Waals surface area contributed by atoms with Gasteiger partial charge in [-0.2, -0.15) is 0 Å². The molecule has 0 aliphatic carbocycles. The van der Waals surface area contributed by atoms with Gasteiger partial charge in [0.25, 0.3) is 0 Å². The Bertz CT molecular complexity index is 322. The van der Waals surface area contributed by atoms with Gasteiger partial charge in [-0.15, -0.1) is 0 Å². The highest BCUT2D eigenvalue weighted by atomic mass is 19.3. The van der Waals surface area contributed by atoms with Crippen LogP contribution in [-0.4, -0.2) is 12.5 Å². The lowest BCUT2D eigenvalue weighted by Gasteiger charge is -2.27. The van der Waals surface area contributed by atoms with Gasteiger partial charge >= 0.3 is 0 Å². The molecule has 3 heteroatoms. The SMILES string of the molecule is CC(CC(C)(C)C(F)F)NCc1ccccc1. The average molecular weight is 241 g/mol. The molecular weight excluding hydrogens is 220 g/mol. The molecule has 1 rings (SSSR count). The first-order chi connectivity index (χ1) is 7.92. The van der Waals surface area contributed by atoms with E-state index in [-0.39, 0.29) is 6.04 Å². The van der Waals surface area contributed by atoms with Crippen LogP contribution in [0.15, 0.2) is 30.3 Å². The van der Waals surface area contributed by atoms with Crippen LogP contribution in [0.25, 0.3) is 0 Å². The van der Waals surface area contributed by atoms with Crippen LogP contribution in [0.3, 0.4) is 0 Å². The summed E-state index contributed by atoms with van der Waals surface area (Å²) in [7, 11) is 0. The van der Waals surface area contributed by atoms with Crippen molar-refractivity contribution in [3.8, 4) is 0 Å². The van der Waals surface area contributed by atoms with Crippen molar-refractivity contribution in [1.29, 1.82) is 0 Å². The molecule has 1 aromatic carbocycles. The molecule has 0 aliphatic rings. The van der Waals surface area contributed by atoms with Crippen LogP contribution < -0.4 is 5.32 Å². The Balaban J connectivity index is 2.38. The van der Waals surface area contributed by atoms with Crippen LogP contribution in [-0.2, 0) is 6.54 Å². The van der Waals surface area contributed by atoms with Crippen LogP contribution in [0.5, 0.6) is 0 Å². The minimum absolute atomic E-state index is 0.0826. The molecular formula is C14H21F2N. The summed E-state index contributed by atoms with van der Waals surface area (Å²) in [5.41, 5.74) is 0.248.